The maximum Gasteiger partial charge on any atom is 0.418 e. The van der Waals surface area contributed by atoms with Gasteiger partial charge in [-0.05, 0) is 18.2 Å². The Kier molecular flexibility index (Phi) is 7.40. The van der Waals surface area contributed by atoms with Gasteiger partial charge in [0.15, 0.2) is 13.2 Å². The predicted molar refractivity (Wildman–Crippen MR) is 98.0 cm³/mol. The highest BCUT2D eigenvalue weighted by Gasteiger charge is 2.33. The number of alkyl halides is 3. The van der Waals surface area contributed by atoms with E-state index in [2.05, 4.69) is 4.74 Å². The fourth-order valence-electron chi connectivity index (χ4n) is 1.96. The van der Waals surface area contributed by atoms with Crippen molar-refractivity contribution in [2.45, 2.75) is 6.18 Å². The van der Waals surface area contributed by atoms with E-state index >= 15 is 0 Å². The molecule has 2 aromatic carbocycles. The van der Waals surface area contributed by atoms with E-state index in [1.54, 1.807) is 0 Å². The van der Waals surface area contributed by atoms with Gasteiger partial charge in [0.1, 0.15) is 5.75 Å². The molecule has 0 unspecified atom stereocenters. The lowest BCUT2D eigenvalue weighted by atomic mass is 10.1. The van der Waals surface area contributed by atoms with Crippen LogP contribution in [-0.2, 0) is 20.5 Å². The molecule has 0 radical (unpaired) electrons. The van der Waals surface area contributed by atoms with Gasteiger partial charge in [0.2, 0.25) is 0 Å². The third-order valence-corrected chi connectivity index (χ3v) is 4.21. The first kappa shape index (κ1) is 22.1. The van der Waals surface area contributed by atoms with Crippen LogP contribution >= 0.6 is 34.8 Å². The number of hydrogen-bond donors (Lipinski definition) is 1. The molecule has 2 aromatic rings. The highest BCUT2D eigenvalue weighted by Crippen LogP contribution is 2.35. The number of amides is 1. The summed E-state index contributed by atoms with van der Waals surface area (Å²) in [5.41, 5.74) is -1.47. The Balaban J connectivity index is 1.87. The molecule has 0 spiro atoms. The van der Waals surface area contributed by atoms with E-state index in [1.165, 1.54) is 24.3 Å². The Morgan fingerprint density at radius 2 is 1.61 bits per heavy atom. The Morgan fingerprint density at radius 1 is 0.964 bits per heavy atom. The largest absolute Gasteiger partial charge is 0.480 e. The molecule has 1 N–H and O–H groups in total. The molecule has 0 aliphatic rings. The average molecular weight is 457 g/mol. The molecular formula is C17H11Cl3F3NO4. The van der Waals surface area contributed by atoms with Gasteiger partial charge in [-0.3, -0.25) is 4.79 Å². The Hall–Kier alpha value is -2.16. The number of ether oxygens (including phenoxy) is 2. The van der Waals surface area contributed by atoms with E-state index in [9.17, 15) is 22.8 Å². The maximum absolute atomic E-state index is 12.9. The SMILES string of the molecule is O=C(COC(=O)COc1cc(Cl)c(Cl)cc1Cl)Nc1ccccc1C(F)(F)F. The first-order valence-electron chi connectivity index (χ1n) is 7.47. The lowest BCUT2D eigenvalue weighted by Gasteiger charge is -2.13. The van der Waals surface area contributed by atoms with Gasteiger partial charge in [0.25, 0.3) is 5.91 Å². The number of halogens is 6. The second kappa shape index (κ2) is 9.36. The number of nitrogens with one attached hydrogen (secondary N) is 1. The minimum Gasteiger partial charge on any atom is -0.480 e. The van der Waals surface area contributed by atoms with Crippen molar-refractivity contribution in [3.8, 4) is 5.75 Å². The maximum atomic E-state index is 12.9. The normalized spacial score (nSPS) is 11.1. The minimum atomic E-state index is -4.65. The van der Waals surface area contributed by atoms with Gasteiger partial charge in [-0.15, -0.1) is 0 Å². The molecule has 0 heterocycles. The summed E-state index contributed by atoms with van der Waals surface area (Å²) in [7, 11) is 0. The van der Waals surface area contributed by atoms with Gasteiger partial charge in [0, 0.05) is 6.07 Å². The number of anilines is 1. The molecule has 0 saturated heterocycles. The van der Waals surface area contributed by atoms with Crippen LogP contribution in [0.15, 0.2) is 36.4 Å². The van der Waals surface area contributed by atoms with E-state index in [4.69, 9.17) is 39.5 Å². The van der Waals surface area contributed by atoms with Crippen molar-refractivity contribution in [3.05, 3.63) is 57.0 Å². The van der Waals surface area contributed by atoms with Crippen LogP contribution in [0, 0.1) is 0 Å². The van der Waals surface area contributed by atoms with Crippen molar-refractivity contribution in [2.24, 2.45) is 0 Å². The number of para-hydroxylation sites is 1. The van der Waals surface area contributed by atoms with E-state index in [1.807, 2.05) is 5.32 Å². The third-order valence-electron chi connectivity index (χ3n) is 3.19. The summed E-state index contributed by atoms with van der Waals surface area (Å²) < 4.78 is 48.4. The summed E-state index contributed by atoms with van der Waals surface area (Å²) in [6.07, 6.45) is -4.65. The summed E-state index contributed by atoms with van der Waals surface area (Å²) in [4.78, 5) is 23.4. The van der Waals surface area contributed by atoms with Gasteiger partial charge in [-0.2, -0.15) is 13.2 Å². The number of rotatable bonds is 6. The van der Waals surface area contributed by atoms with Crippen molar-refractivity contribution in [1.82, 2.24) is 0 Å². The molecule has 0 bridgehead atoms. The van der Waals surface area contributed by atoms with Gasteiger partial charge >= 0.3 is 12.1 Å². The number of carbonyl (C=O) groups is 2. The van der Waals surface area contributed by atoms with Crippen molar-refractivity contribution in [3.63, 3.8) is 0 Å². The summed E-state index contributed by atoms with van der Waals surface area (Å²) in [5, 5.41) is 2.48. The molecule has 0 atom stereocenters. The highest BCUT2D eigenvalue weighted by atomic mass is 35.5. The van der Waals surface area contributed by atoms with Crippen molar-refractivity contribution in [2.75, 3.05) is 18.5 Å². The number of esters is 1. The van der Waals surface area contributed by atoms with Crippen LogP contribution in [0.5, 0.6) is 5.75 Å². The van der Waals surface area contributed by atoms with Gasteiger partial charge < -0.3 is 14.8 Å². The summed E-state index contributed by atoms with van der Waals surface area (Å²) in [6.45, 7) is -1.41. The van der Waals surface area contributed by atoms with Crippen LogP contribution in [0.2, 0.25) is 15.1 Å². The van der Waals surface area contributed by atoms with Crippen LogP contribution in [0.3, 0.4) is 0 Å². The smallest absolute Gasteiger partial charge is 0.418 e. The van der Waals surface area contributed by atoms with Crippen LogP contribution in [-0.4, -0.2) is 25.1 Å². The van der Waals surface area contributed by atoms with Crippen molar-refractivity contribution >= 4 is 52.4 Å². The third kappa shape index (κ3) is 6.19. The average Bonchev–Trinajstić information content (AvgIpc) is 2.61. The van der Waals surface area contributed by atoms with Crippen LogP contribution in [0.4, 0.5) is 18.9 Å². The fraction of sp³-hybridized carbons (Fsp3) is 0.176. The summed E-state index contributed by atoms with van der Waals surface area (Å²) >= 11 is 17.4. The lowest BCUT2D eigenvalue weighted by molar-refractivity contribution is -0.149. The predicted octanol–water partition coefficient (Wildman–Crippen LogP) is 5.23. The zero-order chi connectivity index (χ0) is 20.9. The van der Waals surface area contributed by atoms with Crippen molar-refractivity contribution in [1.29, 1.82) is 0 Å². The van der Waals surface area contributed by atoms with Gasteiger partial charge in [-0.25, -0.2) is 4.79 Å². The zero-order valence-corrected chi connectivity index (χ0v) is 16.0. The topological polar surface area (TPSA) is 64.6 Å². The molecule has 2 rings (SSSR count). The molecule has 0 aromatic heterocycles. The Morgan fingerprint density at radius 3 is 2.29 bits per heavy atom. The zero-order valence-electron chi connectivity index (χ0n) is 13.8. The number of carbonyl (C=O) groups excluding carboxylic acids is 2. The quantitative estimate of drug-likeness (QED) is 0.478. The fourth-order valence-corrected chi connectivity index (χ4v) is 2.56. The van der Waals surface area contributed by atoms with Gasteiger partial charge in [-0.1, -0.05) is 46.9 Å². The molecular weight excluding hydrogens is 446 g/mol. The molecule has 150 valence electrons. The first-order chi connectivity index (χ1) is 13.1. The first-order valence-corrected chi connectivity index (χ1v) is 8.60. The van der Waals surface area contributed by atoms with Gasteiger partial charge in [0.05, 0.1) is 26.3 Å². The Bertz CT molecular complexity index is 890. The molecule has 5 nitrogen and oxygen atoms in total. The second-order valence-corrected chi connectivity index (χ2v) is 6.46. The summed E-state index contributed by atoms with van der Waals surface area (Å²) in [6, 6.07) is 7.02. The lowest BCUT2D eigenvalue weighted by Crippen LogP contribution is -2.24. The van der Waals surface area contributed by atoms with Crippen LogP contribution in [0.25, 0.3) is 0 Å². The highest BCUT2D eigenvalue weighted by molar-refractivity contribution is 6.43. The standard InChI is InChI=1S/C17H11Cl3F3NO4/c18-10-5-12(20)14(6-11(10)19)27-8-16(26)28-7-15(25)24-13-4-2-1-3-9(13)17(21,22)23/h1-6H,7-8H2,(H,24,25). The van der Waals surface area contributed by atoms with E-state index in [0.29, 0.717) is 0 Å². The van der Waals surface area contributed by atoms with Crippen LogP contribution < -0.4 is 10.1 Å². The molecule has 0 fully saturated rings. The summed E-state index contributed by atoms with van der Waals surface area (Å²) in [5.74, 6) is -1.82. The molecule has 11 heteroatoms. The Labute approximate surface area is 172 Å². The molecule has 0 saturated carbocycles. The minimum absolute atomic E-state index is 0.0663. The van der Waals surface area contributed by atoms with E-state index in [0.717, 1.165) is 12.1 Å². The second-order valence-electron chi connectivity index (χ2n) is 5.24. The molecule has 0 aliphatic heterocycles. The van der Waals surface area contributed by atoms with Crippen LogP contribution in [0.1, 0.15) is 5.56 Å². The van der Waals surface area contributed by atoms with Crippen molar-refractivity contribution < 1.29 is 32.2 Å². The number of benzene rings is 2. The molecule has 1 amide bonds. The molecule has 28 heavy (non-hydrogen) atoms. The monoisotopic (exact) mass is 455 g/mol. The number of hydrogen-bond acceptors (Lipinski definition) is 4. The van der Waals surface area contributed by atoms with E-state index < -0.39 is 42.5 Å². The van der Waals surface area contributed by atoms with E-state index in [-0.39, 0.29) is 20.8 Å². The molecule has 0 aliphatic carbocycles.